The molecule has 1 saturated carbocycles. The van der Waals surface area contributed by atoms with E-state index in [1.165, 1.54) is 10.8 Å². The summed E-state index contributed by atoms with van der Waals surface area (Å²) in [4.78, 5) is 39.8. The van der Waals surface area contributed by atoms with E-state index in [4.69, 9.17) is 4.74 Å². The molecule has 1 aromatic carbocycles. The average molecular weight is 431 g/mol. The van der Waals surface area contributed by atoms with E-state index in [0.29, 0.717) is 6.07 Å². The number of hydrogen-bond acceptors (Lipinski definition) is 5. The van der Waals surface area contributed by atoms with Crippen molar-refractivity contribution in [2.24, 2.45) is 0 Å². The molecule has 2 amide bonds. The molecule has 2 fully saturated rings. The van der Waals surface area contributed by atoms with E-state index in [2.05, 4.69) is 5.32 Å². The molecule has 1 saturated heterocycles. The van der Waals surface area contributed by atoms with Crippen molar-refractivity contribution in [3.8, 4) is 5.75 Å². The van der Waals surface area contributed by atoms with Gasteiger partial charge in [0.1, 0.15) is 17.2 Å². The summed E-state index contributed by atoms with van der Waals surface area (Å²) < 4.78 is 34.0. The molecular formula is C21H19F2N3O5. The number of aromatic nitrogens is 1. The van der Waals surface area contributed by atoms with Crippen molar-refractivity contribution < 1.29 is 28.2 Å². The number of nitrogens with zero attached hydrogens (tertiary/aromatic N) is 2. The number of aromatic hydroxyl groups is 1. The number of amides is 2. The summed E-state index contributed by atoms with van der Waals surface area (Å²) in [6, 6.07) is 2.83. The Kier molecular flexibility index (Phi) is 4.54. The Hall–Kier alpha value is -3.27. The SMILES string of the molecule is O=C(NCc1cc(F)cc(F)c1)c1cn2c(c(O)c1=O)C(=O)N1[C@H]3CC[C@@H](C3)O[C@H]1C2. The second-order valence-corrected chi connectivity index (χ2v) is 8.07. The topological polar surface area (TPSA) is 101 Å². The fourth-order valence-corrected chi connectivity index (χ4v) is 4.71. The second-order valence-electron chi connectivity index (χ2n) is 8.07. The maximum Gasteiger partial charge on any atom is 0.276 e. The quantitative estimate of drug-likeness (QED) is 0.767. The maximum absolute atomic E-state index is 13.3. The molecule has 0 radical (unpaired) electrons. The van der Waals surface area contributed by atoms with Crippen LogP contribution in [0.4, 0.5) is 8.78 Å². The van der Waals surface area contributed by atoms with E-state index in [-0.39, 0.29) is 42.1 Å². The molecule has 2 aromatic rings. The Morgan fingerprint density at radius 2 is 1.94 bits per heavy atom. The first-order valence-electron chi connectivity index (χ1n) is 9.99. The summed E-state index contributed by atoms with van der Waals surface area (Å²) in [7, 11) is 0. The maximum atomic E-state index is 13.3. The monoisotopic (exact) mass is 431 g/mol. The van der Waals surface area contributed by atoms with E-state index in [1.807, 2.05) is 0 Å². The number of halogens is 2. The number of benzene rings is 1. The number of rotatable bonds is 3. The Labute approximate surface area is 175 Å². The van der Waals surface area contributed by atoms with Gasteiger partial charge in [-0.1, -0.05) is 0 Å². The lowest BCUT2D eigenvalue weighted by Crippen LogP contribution is -2.57. The number of pyridine rings is 1. The van der Waals surface area contributed by atoms with Crippen LogP contribution in [-0.4, -0.2) is 44.8 Å². The van der Waals surface area contributed by atoms with Crippen molar-refractivity contribution in [3.63, 3.8) is 0 Å². The summed E-state index contributed by atoms with van der Waals surface area (Å²) >= 11 is 0. The fraction of sp³-hybridized carbons (Fsp3) is 0.381. The van der Waals surface area contributed by atoms with E-state index in [1.54, 1.807) is 4.90 Å². The third-order valence-corrected chi connectivity index (χ3v) is 6.08. The highest BCUT2D eigenvalue weighted by atomic mass is 19.1. The number of carbonyl (C=O) groups is 2. The van der Waals surface area contributed by atoms with Crippen LogP contribution in [0.5, 0.6) is 5.75 Å². The number of carbonyl (C=O) groups excluding carboxylic acids is 2. The van der Waals surface area contributed by atoms with Crippen molar-refractivity contribution in [2.75, 3.05) is 0 Å². The van der Waals surface area contributed by atoms with Gasteiger partial charge in [0.15, 0.2) is 17.7 Å². The molecule has 5 rings (SSSR count). The predicted molar refractivity (Wildman–Crippen MR) is 102 cm³/mol. The highest BCUT2D eigenvalue weighted by Crippen LogP contribution is 2.38. The molecule has 10 heteroatoms. The van der Waals surface area contributed by atoms with Crippen LogP contribution in [-0.2, 0) is 17.8 Å². The van der Waals surface area contributed by atoms with E-state index in [9.17, 15) is 28.3 Å². The van der Waals surface area contributed by atoms with Gasteiger partial charge in [0.2, 0.25) is 5.43 Å². The van der Waals surface area contributed by atoms with Crippen LogP contribution in [0, 0.1) is 11.6 Å². The number of fused-ring (bicyclic) bond motifs is 5. The number of hydrogen-bond donors (Lipinski definition) is 2. The van der Waals surface area contributed by atoms with Gasteiger partial charge < -0.3 is 24.6 Å². The summed E-state index contributed by atoms with van der Waals surface area (Å²) in [5, 5.41) is 12.9. The molecule has 3 atom stereocenters. The Bertz CT molecular complexity index is 1140. The summed E-state index contributed by atoms with van der Waals surface area (Å²) in [6.45, 7) is -0.0471. The van der Waals surface area contributed by atoms with Crippen LogP contribution in [0.2, 0.25) is 0 Å². The van der Waals surface area contributed by atoms with E-state index < -0.39 is 40.9 Å². The fourth-order valence-electron chi connectivity index (χ4n) is 4.71. The lowest BCUT2D eigenvalue weighted by Gasteiger charge is -2.44. The van der Waals surface area contributed by atoms with Gasteiger partial charge in [-0.2, -0.15) is 0 Å². The van der Waals surface area contributed by atoms with Crippen LogP contribution >= 0.6 is 0 Å². The van der Waals surface area contributed by atoms with Gasteiger partial charge in [0.25, 0.3) is 11.8 Å². The molecule has 162 valence electrons. The van der Waals surface area contributed by atoms with Gasteiger partial charge in [-0.15, -0.1) is 0 Å². The lowest BCUT2D eigenvalue weighted by molar-refractivity contribution is -0.132. The smallest absolute Gasteiger partial charge is 0.276 e. The minimum Gasteiger partial charge on any atom is -0.503 e. The third-order valence-electron chi connectivity index (χ3n) is 6.08. The van der Waals surface area contributed by atoms with E-state index >= 15 is 0 Å². The average Bonchev–Trinajstić information content (AvgIpc) is 3.08. The van der Waals surface area contributed by atoms with Gasteiger partial charge in [0.05, 0.1) is 12.6 Å². The molecule has 1 aliphatic carbocycles. The van der Waals surface area contributed by atoms with E-state index in [0.717, 1.165) is 31.4 Å². The number of nitrogens with one attached hydrogen (secondary N) is 1. The molecule has 1 aromatic heterocycles. The van der Waals surface area contributed by atoms with Crippen LogP contribution < -0.4 is 10.7 Å². The van der Waals surface area contributed by atoms with Crippen LogP contribution in [0.3, 0.4) is 0 Å². The molecule has 3 heterocycles. The first-order valence-corrected chi connectivity index (χ1v) is 9.99. The van der Waals surface area contributed by atoms with Crippen LogP contribution in [0.15, 0.2) is 29.2 Å². The van der Waals surface area contributed by atoms with Gasteiger partial charge in [-0.3, -0.25) is 14.4 Å². The first-order chi connectivity index (χ1) is 14.8. The minimum absolute atomic E-state index is 0.00846. The minimum atomic E-state index is -0.983. The molecule has 2 aliphatic heterocycles. The summed E-state index contributed by atoms with van der Waals surface area (Å²) in [6.07, 6.45) is 3.14. The molecular weight excluding hydrogens is 412 g/mol. The van der Waals surface area contributed by atoms with Crippen LogP contribution in [0.25, 0.3) is 0 Å². The first kappa shape index (κ1) is 19.7. The van der Waals surface area contributed by atoms with Crippen molar-refractivity contribution in [2.45, 2.75) is 50.7 Å². The van der Waals surface area contributed by atoms with Gasteiger partial charge >= 0.3 is 0 Å². The van der Waals surface area contributed by atoms with Gasteiger partial charge in [0, 0.05) is 24.8 Å². The van der Waals surface area contributed by atoms with Crippen molar-refractivity contribution in [3.05, 3.63) is 63.1 Å². The molecule has 3 aliphatic rings. The van der Waals surface area contributed by atoms with Gasteiger partial charge in [-0.25, -0.2) is 8.78 Å². The van der Waals surface area contributed by atoms with Crippen molar-refractivity contribution in [1.29, 1.82) is 0 Å². The molecule has 8 nitrogen and oxygen atoms in total. The van der Waals surface area contributed by atoms with Crippen LogP contribution in [0.1, 0.15) is 45.7 Å². The largest absolute Gasteiger partial charge is 0.503 e. The molecule has 2 N–H and O–H groups in total. The van der Waals surface area contributed by atoms with Gasteiger partial charge in [-0.05, 0) is 37.0 Å². The highest BCUT2D eigenvalue weighted by Gasteiger charge is 2.47. The molecule has 0 spiro atoms. The van der Waals surface area contributed by atoms with Crippen molar-refractivity contribution >= 4 is 11.8 Å². The highest BCUT2D eigenvalue weighted by molar-refractivity contribution is 5.99. The Morgan fingerprint density at radius 3 is 2.68 bits per heavy atom. The standard InChI is InChI=1S/C21H19F2N3O5/c22-11-3-10(4-12(23)5-11)7-24-20(29)15-8-25-9-16-26(13-1-2-14(6-13)31-16)21(30)17(25)19(28)18(15)27/h3-5,8,13-14,16,28H,1-2,6-7,9H2,(H,24,29)/t13-,14-,16-/m0/s1. The number of ether oxygens (including phenoxy) is 1. The molecule has 0 unspecified atom stereocenters. The predicted octanol–water partition coefficient (Wildman–Crippen LogP) is 1.50. The Balaban J connectivity index is 1.43. The second kappa shape index (κ2) is 7.16. The zero-order valence-electron chi connectivity index (χ0n) is 16.3. The Morgan fingerprint density at radius 1 is 1.19 bits per heavy atom. The third kappa shape index (κ3) is 3.27. The molecule has 31 heavy (non-hydrogen) atoms. The molecule has 2 bridgehead atoms. The van der Waals surface area contributed by atoms with Crippen molar-refractivity contribution in [1.82, 2.24) is 14.8 Å². The summed E-state index contributed by atoms with van der Waals surface area (Å²) in [5.41, 5.74) is -1.36. The summed E-state index contributed by atoms with van der Waals surface area (Å²) in [5.74, 6) is -3.72. The zero-order chi connectivity index (χ0) is 21.9. The lowest BCUT2D eigenvalue weighted by atomic mass is 10.1. The zero-order valence-corrected chi connectivity index (χ0v) is 16.3. The normalized spacial score (nSPS) is 24.0.